The Morgan fingerprint density at radius 2 is 1.96 bits per heavy atom. The number of nitrogens with two attached hydrogens (primary N) is 1. The predicted molar refractivity (Wildman–Crippen MR) is 96.0 cm³/mol. The maximum atomic E-state index is 12.5. The van der Waals surface area contributed by atoms with E-state index in [2.05, 4.69) is 10.2 Å². The molecule has 0 atom stereocenters. The molecule has 1 aromatic carbocycles. The Bertz CT molecular complexity index is 549. The maximum absolute atomic E-state index is 12.5. The maximum Gasteiger partial charge on any atom is 0.251 e. The number of hydrogen-bond donors (Lipinski definition) is 2. The summed E-state index contributed by atoms with van der Waals surface area (Å²) in [7, 11) is 0. The van der Waals surface area contributed by atoms with Gasteiger partial charge in [-0.15, -0.1) is 0 Å². The average Bonchev–Trinajstić information content (AvgIpc) is 2.61. The van der Waals surface area contributed by atoms with Gasteiger partial charge < -0.3 is 15.8 Å². The second-order valence-corrected chi connectivity index (χ2v) is 7.26. The van der Waals surface area contributed by atoms with E-state index in [-0.39, 0.29) is 11.3 Å². The summed E-state index contributed by atoms with van der Waals surface area (Å²) < 4.78 is 5.47. The predicted octanol–water partition coefficient (Wildman–Crippen LogP) is 2.28. The van der Waals surface area contributed by atoms with Gasteiger partial charge >= 0.3 is 0 Å². The van der Waals surface area contributed by atoms with Crippen LogP contribution in [0.1, 0.15) is 42.5 Å². The van der Waals surface area contributed by atoms with E-state index < -0.39 is 0 Å². The van der Waals surface area contributed by atoms with Crippen molar-refractivity contribution in [2.45, 2.75) is 32.1 Å². The number of hydrogen-bond acceptors (Lipinski definition) is 4. The van der Waals surface area contributed by atoms with Crippen molar-refractivity contribution >= 4 is 11.6 Å². The number of nitrogen functional groups attached to an aromatic ring is 1. The zero-order valence-electron chi connectivity index (χ0n) is 14.4. The molecule has 1 saturated carbocycles. The van der Waals surface area contributed by atoms with E-state index >= 15 is 0 Å². The van der Waals surface area contributed by atoms with E-state index in [4.69, 9.17) is 10.5 Å². The lowest BCUT2D eigenvalue weighted by Gasteiger charge is -2.42. The topological polar surface area (TPSA) is 67.6 Å². The Labute approximate surface area is 144 Å². The molecule has 132 valence electrons. The van der Waals surface area contributed by atoms with Crippen LogP contribution < -0.4 is 11.1 Å². The Balaban J connectivity index is 1.62. The van der Waals surface area contributed by atoms with Crippen molar-refractivity contribution in [1.29, 1.82) is 0 Å². The fourth-order valence-corrected chi connectivity index (χ4v) is 3.98. The highest BCUT2D eigenvalue weighted by Crippen LogP contribution is 2.36. The highest BCUT2D eigenvalue weighted by Gasteiger charge is 2.34. The summed E-state index contributed by atoms with van der Waals surface area (Å²) >= 11 is 0. The lowest BCUT2D eigenvalue weighted by molar-refractivity contribution is 0.00728. The summed E-state index contributed by atoms with van der Waals surface area (Å²) in [5.74, 6) is -0.0192. The Morgan fingerprint density at radius 3 is 2.67 bits per heavy atom. The molecular formula is C19H29N3O2. The number of carbonyl (C=O) groups excluding carboxylic acids is 1. The fourth-order valence-electron chi connectivity index (χ4n) is 3.98. The highest BCUT2D eigenvalue weighted by molar-refractivity contribution is 5.95. The second kappa shape index (κ2) is 7.99. The molecule has 0 radical (unpaired) electrons. The molecule has 1 aromatic rings. The first-order valence-corrected chi connectivity index (χ1v) is 9.11. The number of anilines is 1. The minimum atomic E-state index is -0.0192. The Hall–Kier alpha value is -1.59. The van der Waals surface area contributed by atoms with Gasteiger partial charge in [-0.05, 0) is 31.0 Å². The fraction of sp³-hybridized carbons (Fsp3) is 0.632. The van der Waals surface area contributed by atoms with Gasteiger partial charge in [-0.1, -0.05) is 25.3 Å². The number of amides is 1. The van der Waals surface area contributed by atoms with Crippen molar-refractivity contribution in [1.82, 2.24) is 10.2 Å². The molecule has 0 spiro atoms. The van der Waals surface area contributed by atoms with Crippen LogP contribution in [0.4, 0.5) is 5.69 Å². The van der Waals surface area contributed by atoms with Crippen molar-refractivity contribution < 1.29 is 9.53 Å². The third-order valence-electron chi connectivity index (χ3n) is 5.35. The molecule has 0 unspecified atom stereocenters. The van der Waals surface area contributed by atoms with Crippen LogP contribution in [0.15, 0.2) is 24.3 Å². The molecule has 2 fully saturated rings. The minimum absolute atomic E-state index is 0.0192. The van der Waals surface area contributed by atoms with Crippen LogP contribution in [-0.4, -0.2) is 50.2 Å². The smallest absolute Gasteiger partial charge is 0.251 e. The average molecular weight is 331 g/mol. The van der Waals surface area contributed by atoms with Crippen molar-refractivity contribution in [3.63, 3.8) is 0 Å². The number of nitrogens with zero attached hydrogens (tertiary/aromatic N) is 1. The normalized spacial score (nSPS) is 21.3. The largest absolute Gasteiger partial charge is 0.399 e. The van der Waals surface area contributed by atoms with Crippen molar-refractivity contribution in [3.8, 4) is 0 Å². The first-order valence-electron chi connectivity index (χ1n) is 9.11. The molecule has 24 heavy (non-hydrogen) atoms. The van der Waals surface area contributed by atoms with Crippen LogP contribution in [0.2, 0.25) is 0 Å². The van der Waals surface area contributed by atoms with Gasteiger partial charge in [-0.2, -0.15) is 0 Å². The zero-order chi connectivity index (χ0) is 16.8. The standard InChI is InChI=1S/C19H29N3O2/c20-17-6-4-5-16(13-17)18(23)21-14-19(7-2-1-3-8-19)15-22-9-11-24-12-10-22/h4-6,13H,1-3,7-12,14-15,20H2,(H,21,23). The lowest BCUT2D eigenvalue weighted by Crippen LogP contribution is -2.49. The van der Waals surface area contributed by atoms with E-state index in [1.807, 2.05) is 12.1 Å². The van der Waals surface area contributed by atoms with Gasteiger partial charge in [0.15, 0.2) is 0 Å². The van der Waals surface area contributed by atoms with Crippen molar-refractivity contribution in [2.24, 2.45) is 5.41 Å². The quantitative estimate of drug-likeness (QED) is 0.812. The SMILES string of the molecule is Nc1cccc(C(=O)NCC2(CN3CCOCC3)CCCCC2)c1. The number of nitrogens with one attached hydrogen (secondary N) is 1. The van der Waals surface area contributed by atoms with E-state index in [9.17, 15) is 4.79 Å². The van der Waals surface area contributed by atoms with E-state index in [1.54, 1.807) is 12.1 Å². The van der Waals surface area contributed by atoms with Gasteiger partial charge in [0.05, 0.1) is 13.2 Å². The summed E-state index contributed by atoms with van der Waals surface area (Å²) in [6.07, 6.45) is 6.23. The van der Waals surface area contributed by atoms with Gasteiger partial charge in [-0.3, -0.25) is 9.69 Å². The van der Waals surface area contributed by atoms with Gasteiger partial charge in [0.1, 0.15) is 0 Å². The molecule has 1 aliphatic carbocycles. The molecule has 3 N–H and O–H groups in total. The Kier molecular flexibility index (Phi) is 5.74. The number of morpholine rings is 1. The van der Waals surface area contributed by atoms with Crippen molar-refractivity contribution in [2.75, 3.05) is 45.1 Å². The van der Waals surface area contributed by atoms with Crippen LogP contribution in [0.3, 0.4) is 0 Å². The van der Waals surface area contributed by atoms with Crippen molar-refractivity contribution in [3.05, 3.63) is 29.8 Å². The van der Waals surface area contributed by atoms with Crippen LogP contribution in [0, 0.1) is 5.41 Å². The summed E-state index contributed by atoms with van der Waals surface area (Å²) in [5.41, 5.74) is 7.26. The summed E-state index contributed by atoms with van der Waals surface area (Å²) in [6.45, 7) is 5.47. The lowest BCUT2D eigenvalue weighted by atomic mass is 9.73. The molecule has 5 heteroatoms. The van der Waals surface area contributed by atoms with E-state index in [0.29, 0.717) is 11.3 Å². The van der Waals surface area contributed by atoms with E-state index in [0.717, 1.165) is 39.4 Å². The molecule has 5 nitrogen and oxygen atoms in total. The molecule has 1 heterocycles. The molecule has 1 aliphatic heterocycles. The second-order valence-electron chi connectivity index (χ2n) is 7.26. The molecule has 3 rings (SSSR count). The van der Waals surface area contributed by atoms with Gasteiger partial charge in [0, 0.05) is 42.8 Å². The molecule has 1 saturated heterocycles. The molecule has 2 aliphatic rings. The first-order chi connectivity index (χ1) is 11.7. The summed E-state index contributed by atoms with van der Waals surface area (Å²) in [5, 5.41) is 3.17. The van der Waals surface area contributed by atoms with Crippen LogP contribution in [0.25, 0.3) is 0 Å². The first kappa shape index (κ1) is 17.2. The van der Waals surface area contributed by atoms with Crippen LogP contribution in [-0.2, 0) is 4.74 Å². The highest BCUT2D eigenvalue weighted by atomic mass is 16.5. The molecule has 0 aromatic heterocycles. The minimum Gasteiger partial charge on any atom is -0.399 e. The Morgan fingerprint density at radius 1 is 1.21 bits per heavy atom. The number of benzene rings is 1. The van der Waals surface area contributed by atoms with Crippen LogP contribution >= 0.6 is 0 Å². The molecule has 1 amide bonds. The summed E-state index contributed by atoms with van der Waals surface area (Å²) in [6, 6.07) is 7.19. The van der Waals surface area contributed by atoms with Gasteiger partial charge in [-0.25, -0.2) is 0 Å². The summed E-state index contributed by atoms with van der Waals surface area (Å²) in [4.78, 5) is 15.0. The number of ether oxygens (including phenoxy) is 1. The van der Waals surface area contributed by atoms with Gasteiger partial charge in [0.25, 0.3) is 5.91 Å². The monoisotopic (exact) mass is 331 g/mol. The molecule has 0 bridgehead atoms. The van der Waals surface area contributed by atoms with Crippen LogP contribution in [0.5, 0.6) is 0 Å². The zero-order valence-corrected chi connectivity index (χ0v) is 14.4. The van der Waals surface area contributed by atoms with Gasteiger partial charge in [0.2, 0.25) is 0 Å². The number of rotatable bonds is 5. The number of carbonyl (C=O) groups is 1. The van der Waals surface area contributed by atoms with E-state index in [1.165, 1.54) is 32.1 Å². The third-order valence-corrected chi connectivity index (χ3v) is 5.35. The third kappa shape index (κ3) is 4.48. The molecular weight excluding hydrogens is 302 g/mol.